The van der Waals surface area contributed by atoms with Crippen molar-refractivity contribution >= 4 is 16.9 Å². The Labute approximate surface area is 125 Å². The number of fused-ring (bicyclic) bond motifs is 1. The van der Waals surface area contributed by atoms with Gasteiger partial charge < -0.3 is 15.2 Å². The second kappa shape index (κ2) is 6.20. The molecule has 0 unspecified atom stereocenters. The number of urea groups is 1. The number of para-hydroxylation sites is 1. The van der Waals surface area contributed by atoms with E-state index in [0.717, 1.165) is 18.4 Å². The third kappa shape index (κ3) is 3.20. The van der Waals surface area contributed by atoms with Crippen molar-refractivity contribution in [2.75, 3.05) is 0 Å². The van der Waals surface area contributed by atoms with Crippen molar-refractivity contribution in [2.45, 2.75) is 44.7 Å². The van der Waals surface area contributed by atoms with Gasteiger partial charge in [0, 0.05) is 36.7 Å². The van der Waals surface area contributed by atoms with Crippen LogP contribution >= 0.6 is 0 Å². The average Bonchev–Trinajstić information content (AvgIpc) is 2.83. The Hall–Kier alpha value is -1.97. The molecule has 2 N–H and O–H groups in total. The van der Waals surface area contributed by atoms with E-state index >= 15 is 0 Å². The first-order valence-electron chi connectivity index (χ1n) is 7.81. The number of nitrogens with zero attached hydrogens (tertiary/aromatic N) is 1. The zero-order valence-electron chi connectivity index (χ0n) is 12.6. The Morgan fingerprint density at radius 2 is 2.00 bits per heavy atom. The molecule has 1 heterocycles. The molecule has 0 bridgehead atoms. The first kappa shape index (κ1) is 14.0. The van der Waals surface area contributed by atoms with Gasteiger partial charge in [-0.2, -0.15) is 0 Å². The molecule has 2 aromatic rings. The molecule has 0 aliphatic heterocycles. The van der Waals surface area contributed by atoms with Gasteiger partial charge in [-0.3, -0.25) is 0 Å². The van der Waals surface area contributed by atoms with E-state index in [0.29, 0.717) is 12.6 Å². The highest BCUT2D eigenvalue weighted by Crippen LogP contribution is 2.20. The van der Waals surface area contributed by atoms with Crippen molar-refractivity contribution in [1.29, 1.82) is 0 Å². The second-order valence-electron chi connectivity index (χ2n) is 5.94. The van der Waals surface area contributed by atoms with Crippen LogP contribution in [0.2, 0.25) is 0 Å². The highest BCUT2D eigenvalue weighted by atomic mass is 16.2. The van der Waals surface area contributed by atoms with Crippen molar-refractivity contribution in [2.24, 2.45) is 7.05 Å². The van der Waals surface area contributed by atoms with E-state index in [1.165, 1.54) is 30.2 Å². The molecule has 0 atom stereocenters. The first-order valence-corrected chi connectivity index (χ1v) is 7.81. The van der Waals surface area contributed by atoms with Gasteiger partial charge in [-0.1, -0.05) is 37.5 Å². The van der Waals surface area contributed by atoms with E-state index in [9.17, 15) is 4.79 Å². The minimum Gasteiger partial charge on any atom is -0.350 e. The number of carbonyl (C=O) groups is 1. The summed E-state index contributed by atoms with van der Waals surface area (Å²) < 4.78 is 2.10. The molecule has 1 aliphatic rings. The van der Waals surface area contributed by atoms with Crippen LogP contribution < -0.4 is 10.6 Å². The zero-order valence-corrected chi connectivity index (χ0v) is 12.6. The van der Waals surface area contributed by atoms with Crippen molar-refractivity contribution in [3.8, 4) is 0 Å². The van der Waals surface area contributed by atoms with Crippen LogP contribution in [0.15, 0.2) is 30.5 Å². The van der Waals surface area contributed by atoms with Crippen LogP contribution in [0.5, 0.6) is 0 Å². The van der Waals surface area contributed by atoms with Crippen molar-refractivity contribution in [1.82, 2.24) is 15.2 Å². The predicted molar refractivity (Wildman–Crippen MR) is 85.2 cm³/mol. The lowest BCUT2D eigenvalue weighted by Crippen LogP contribution is -2.42. The largest absolute Gasteiger partial charge is 0.350 e. The summed E-state index contributed by atoms with van der Waals surface area (Å²) in [6, 6.07) is 8.58. The molecule has 1 aliphatic carbocycles. The van der Waals surface area contributed by atoms with Gasteiger partial charge >= 0.3 is 6.03 Å². The van der Waals surface area contributed by atoms with E-state index in [-0.39, 0.29) is 6.03 Å². The predicted octanol–water partition coefficient (Wildman–Crippen LogP) is 3.31. The number of hydrogen-bond acceptors (Lipinski definition) is 1. The molecule has 1 aromatic heterocycles. The normalized spacial score (nSPS) is 16.0. The monoisotopic (exact) mass is 285 g/mol. The summed E-state index contributed by atoms with van der Waals surface area (Å²) in [4.78, 5) is 12.0. The Bertz CT molecular complexity index is 626. The number of rotatable bonds is 3. The summed E-state index contributed by atoms with van der Waals surface area (Å²) in [5, 5.41) is 7.28. The Morgan fingerprint density at radius 1 is 1.24 bits per heavy atom. The molecule has 0 saturated heterocycles. The zero-order chi connectivity index (χ0) is 14.7. The van der Waals surface area contributed by atoms with Crippen molar-refractivity contribution in [3.05, 3.63) is 36.0 Å². The van der Waals surface area contributed by atoms with Crippen LogP contribution in [0, 0.1) is 0 Å². The molecule has 4 heteroatoms. The Kier molecular flexibility index (Phi) is 4.13. The van der Waals surface area contributed by atoms with Gasteiger partial charge in [0.25, 0.3) is 0 Å². The van der Waals surface area contributed by atoms with Crippen LogP contribution in [0.3, 0.4) is 0 Å². The van der Waals surface area contributed by atoms with Gasteiger partial charge in [0.05, 0.1) is 0 Å². The van der Waals surface area contributed by atoms with Gasteiger partial charge in [-0.25, -0.2) is 4.79 Å². The quantitative estimate of drug-likeness (QED) is 0.893. The first-order chi connectivity index (χ1) is 10.2. The Balaban J connectivity index is 1.59. The number of amides is 2. The van der Waals surface area contributed by atoms with Crippen LogP contribution in [0.25, 0.3) is 10.9 Å². The van der Waals surface area contributed by atoms with Crippen LogP contribution in [-0.2, 0) is 13.6 Å². The highest BCUT2D eigenvalue weighted by molar-refractivity contribution is 5.84. The molecule has 2 amide bonds. The summed E-state index contributed by atoms with van der Waals surface area (Å²) in [7, 11) is 2.04. The van der Waals surface area contributed by atoms with Gasteiger partial charge in [-0.05, 0) is 24.5 Å². The maximum absolute atomic E-state index is 12.0. The van der Waals surface area contributed by atoms with Gasteiger partial charge in [0.1, 0.15) is 0 Å². The minimum atomic E-state index is -0.0464. The Morgan fingerprint density at radius 3 is 2.81 bits per heavy atom. The fourth-order valence-corrected chi connectivity index (χ4v) is 3.23. The fraction of sp³-hybridized carbons (Fsp3) is 0.471. The molecule has 3 rings (SSSR count). The lowest BCUT2D eigenvalue weighted by Gasteiger charge is -2.22. The molecule has 1 fully saturated rings. The maximum Gasteiger partial charge on any atom is 0.315 e. The molecule has 4 nitrogen and oxygen atoms in total. The molecular formula is C17H23N3O. The van der Waals surface area contributed by atoms with Gasteiger partial charge in [0.2, 0.25) is 0 Å². The molecule has 1 aromatic carbocycles. The lowest BCUT2D eigenvalue weighted by atomic mass is 9.96. The standard InChI is InChI=1S/C17H23N3O/c1-20-12-13(15-9-5-6-10-16(15)20)11-18-17(21)19-14-7-3-2-4-8-14/h5-6,9-10,12,14H,2-4,7-8,11H2,1H3,(H2,18,19,21). The van der Waals surface area contributed by atoms with Crippen molar-refractivity contribution < 1.29 is 4.79 Å². The third-order valence-corrected chi connectivity index (χ3v) is 4.36. The van der Waals surface area contributed by atoms with Crippen LogP contribution in [-0.4, -0.2) is 16.6 Å². The summed E-state index contributed by atoms with van der Waals surface area (Å²) in [5.41, 5.74) is 2.36. The van der Waals surface area contributed by atoms with Crippen molar-refractivity contribution in [3.63, 3.8) is 0 Å². The molecular weight excluding hydrogens is 262 g/mol. The summed E-state index contributed by atoms with van der Waals surface area (Å²) in [6.45, 7) is 0.569. The number of aryl methyl sites for hydroxylation is 1. The molecule has 21 heavy (non-hydrogen) atoms. The smallest absolute Gasteiger partial charge is 0.315 e. The van der Waals surface area contributed by atoms with Crippen LogP contribution in [0.4, 0.5) is 4.79 Å². The van der Waals surface area contributed by atoms with E-state index in [4.69, 9.17) is 0 Å². The molecule has 0 spiro atoms. The summed E-state index contributed by atoms with van der Waals surface area (Å²) in [5.74, 6) is 0. The van der Waals surface area contributed by atoms with Crippen LogP contribution in [0.1, 0.15) is 37.7 Å². The lowest BCUT2D eigenvalue weighted by molar-refractivity contribution is 0.232. The third-order valence-electron chi connectivity index (χ3n) is 4.36. The average molecular weight is 285 g/mol. The number of hydrogen-bond donors (Lipinski definition) is 2. The second-order valence-corrected chi connectivity index (χ2v) is 5.94. The van der Waals surface area contributed by atoms with E-state index in [1.54, 1.807) is 0 Å². The number of benzene rings is 1. The van der Waals surface area contributed by atoms with E-state index in [1.807, 2.05) is 19.2 Å². The SMILES string of the molecule is Cn1cc(CNC(=O)NC2CCCCC2)c2ccccc21. The number of aromatic nitrogens is 1. The molecule has 0 radical (unpaired) electrons. The fourth-order valence-electron chi connectivity index (χ4n) is 3.23. The molecule has 1 saturated carbocycles. The maximum atomic E-state index is 12.0. The summed E-state index contributed by atoms with van der Waals surface area (Å²) in [6.07, 6.45) is 8.08. The highest BCUT2D eigenvalue weighted by Gasteiger charge is 2.15. The number of carbonyl (C=O) groups excluding carboxylic acids is 1. The molecule has 112 valence electrons. The number of nitrogens with one attached hydrogen (secondary N) is 2. The van der Waals surface area contributed by atoms with E-state index in [2.05, 4.69) is 33.5 Å². The topological polar surface area (TPSA) is 46.1 Å². The summed E-state index contributed by atoms with van der Waals surface area (Å²) >= 11 is 0. The van der Waals surface area contributed by atoms with E-state index < -0.39 is 0 Å². The minimum absolute atomic E-state index is 0.0464. The van der Waals surface area contributed by atoms with Gasteiger partial charge in [-0.15, -0.1) is 0 Å². The van der Waals surface area contributed by atoms with Gasteiger partial charge in [0.15, 0.2) is 0 Å².